The number of aromatic nitrogens is 1. The predicted molar refractivity (Wildman–Crippen MR) is 61.6 cm³/mol. The second kappa shape index (κ2) is 6.63. The van der Waals surface area contributed by atoms with Crippen molar-refractivity contribution in [2.24, 2.45) is 0 Å². The van der Waals surface area contributed by atoms with Crippen molar-refractivity contribution < 1.29 is 28.5 Å². The molecule has 0 aliphatic carbocycles. The van der Waals surface area contributed by atoms with Gasteiger partial charge in [0, 0.05) is 12.1 Å². The van der Waals surface area contributed by atoms with Crippen LogP contribution >= 0.6 is 0 Å². The van der Waals surface area contributed by atoms with Gasteiger partial charge in [-0.2, -0.15) is 0 Å². The summed E-state index contributed by atoms with van der Waals surface area (Å²) in [4.78, 5) is 0. The lowest BCUT2D eigenvalue weighted by Gasteiger charge is -2.01. The van der Waals surface area contributed by atoms with Crippen LogP contribution in [0.25, 0.3) is 0 Å². The minimum atomic E-state index is 0. The van der Waals surface area contributed by atoms with E-state index in [1.807, 2.05) is 0 Å². The SMILES string of the molecule is CC[n+]1ccccc1Cc1ccccc1.[I-]. The van der Waals surface area contributed by atoms with E-state index in [9.17, 15) is 0 Å². The van der Waals surface area contributed by atoms with Crippen LogP contribution in [0.4, 0.5) is 0 Å². The van der Waals surface area contributed by atoms with Crippen molar-refractivity contribution in [3.63, 3.8) is 0 Å². The molecule has 0 unspecified atom stereocenters. The van der Waals surface area contributed by atoms with E-state index in [2.05, 4.69) is 66.2 Å². The van der Waals surface area contributed by atoms with Gasteiger partial charge in [-0.05, 0) is 12.5 Å². The summed E-state index contributed by atoms with van der Waals surface area (Å²) in [6.45, 7) is 3.21. The van der Waals surface area contributed by atoms with Crippen molar-refractivity contribution in [1.82, 2.24) is 0 Å². The lowest BCUT2D eigenvalue weighted by molar-refractivity contribution is -0.700. The predicted octanol–water partition coefficient (Wildman–Crippen LogP) is -0.411. The zero-order valence-electron chi connectivity index (χ0n) is 9.44. The summed E-state index contributed by atoms with van der Waals surface area (Å²) >= 11 is 0. The molecule has 0 aliphatic rings. The van der Waals surface area contributed by atoms with Crippen molar-refractivity contribution >= 4 is 0 Å². The zero-order valence-corrected chi connectivity index (χ0v) is 11.6. The molecule has 0 aliphatic heterocycles. The van der Waals surface area contributed by atoms with E-state index >= 15 is 0 Å². The number of hydrogen-bond donors (Lipinski definition) is 0. The average molecular weight is 325 g/mol. The normalized spacial score (nSPS) is 9.56. The van der Waals surface area contributed by atoms with Crippen LogP contribution in [0.15, 0.2) is 54.7 Å². The molecule has 1 aromatic carbocycles. The molecule has 2 rings (SSSR count). The molecule has 1 heterocycles. The highest BCUT2D eigenvalue weighted by Crippen LogP contribution is 2.04. The standard InChI is InChI=1S/C14H16N.HI/c1-2-15-11-7-6-10-14(15)12-13-8-4-3-5-9-13;/h3-11H,2,12H2,1H3;1H/q+1;/p-1. The quantitative estimate of drug-likeness (QED) is 0.534. The molecule has 0 spiro atoms. The van der Waals surface area contributed by atoms with Gasteiger partial charge in [0.15, 0.2) is 11.9 Å². The van der Waals surface area contributed by atoms with Crippen molar-refractivity contribution in [1.29, 1.82) is 0 Å². The Labute approximate surface area is 114 Å². The van der Waals surface area contributed by atoms with Crippen LogP contribution in [0, 0.1) is 0 Å². The monoisotopic (exact) mass is 325 g/mol. The first kappa shape index (κ1) is 13.2. The molecule has 1 aromatic heterocycles. The molecule has 2 aromatic rings. The van der Waals surface area contributed by atoms with Crippen LogP contribution in [0.3, 0.4) is 0 Å². The van der Waals surface area contributed by atoms with Crippen molar-refractivity contribution in [2.75, 3.05) is 0 Å². The van der Waals surface area contributed by atoms with Crippen LogP contribution in [-0.2, 0) is 13.0 Å². The Morgan fingerprint density at radius 2 is 1.62 bits per heavy atom. The molecular formula is C14H16IN. The van der Waals surface area contributed by atoms with Crippen LogP contribution in [-0.4, -0.2) is 0 Å². The Bertz CT molecular complexity index is 426. The van der Waals surface area contributed by atoms with E-state index in [0.717, 1.165) is 13.0 Å². The summed E-state index contributed by atoms with van der Waals surface area (Å²) in [7, 11) is 0. The second-order valence-corrected chi connectivity index (χ2v) is 3.64. The topological polar surface area (TPSA) is 3.88 Å². The highest BCUT2D eigenvalue weighted by molar-refractivity contribution is 5.19. The molecular weight excluding hydrogens is 309 g/mol. The van der Waals surface area contributed by atoms with Crippen LogP contribution in [0.1, 0.15) is 18.2 Å². The smallest absolute Gasteiger partial charge is 0.185 e. The van der Waals surface area contributed by atoms with Gasteiger partial charge in [-0.15, -0.1) is 0 Å². The summed E-state index contributed by atoms with van der Waals surface area (Å²) in [6.07, 6.45) is 3.15. The van der Waals surface area contributed by atoms with Gasteiger partial charge >= 0.3 is 0 Å². The molecule has 0 bridgehead atoms. The number of benzene rings is 1. The highest BCUT2D eigenvalue weighted by atomic mass is 127. The number of rotatable bonds is 3. The number of halogens is 1. The molecule has 0 fully saturated rings. The molecule has 0 N–H and O–H groups in total. The number of nitrogens with zero attached hydrogens (tertiary/aromatic N) is 1. The Morgan fingerprint density at radius 3 is 2.31 bits per heavy atom. The summed E-state index contributed by atoms with van der Waals surface area (Å²) < 4.78 is 2.28. The summed E-state index contributed by atoms with van der Waals surface area (Å²) in [5.74, 6) is 0. The van der Waals surface area contributed by atoms with Gasteiger partial charge < -0.3 is 24.0 Å². The highest BCUT2D eigenvalue weighted by Gasteiger charge is 2.07. The summed E-state index contributed by atoms with van der Waals surface area (Å²) in [5.41, 5.74) is 2.73. The van der Waals surface area contributed by atoms with Crippen LogP contribution < -0.4 is 28.5 Å². The number of aryl methyl sites for hydroxylation is 1. The molecule has 0 saturated carbocycles. The van der Waals surface area contributed by atoms with Gasteiger partial charge in [0.05, 0.1) is 6.42 Å². The molecule has 0 saturated heterocycles. The third-order valence-electron chi connectivity index (χ3n) is 2.60. The first-order valence-electron chi connectivity index (χ1n) is 5.41. The van der Waals surface area contributed by atoms with Crippen molar-refractivity contribution in [3.05, 3.63) is 66.0 Å². The van der Waals surface area contributed by atoms with E-state index in [4.69, 9.17) is 0 Å². The maximum atomic E-state index is 2.28. The fourth-order valence-electron chi connectivity index (χ4n) is 1.79. The van der Waals surface area contributed by atoms with Gasteiger partial charge in [-0.3, -0.25) is 0 Å². The lowest BCUT2D eigenvalue weighted by Crippen LogP contribution is -3.00. The third-order valence-corrected chi connectivity index (χ3v) is 2.60. The van der Waals surface area contributed by atoms with E-state index in [0.29, 0.717) is 0 Å². The maximum Gasteiger partial charge on any atom is 0.185 e. The van der Waals surface area contributed by atoms with Crippen molar-refractivity contribution in [2.45, 2.75) is 19.9 Å². The van der Waals surface area contributed by atoms with Gasteiger partial charge in [-0.25, -0.2) is 4.57 Å². The Kier molecular flexibility index (Phi) is 5.46. The van der Waals surface area contributed by atoms with E-state index in [1.165, 1.54) is 11.3 Å². The molecule has 2 heteroatoms. The fraction of sp³-hybridized carbons (Fsp3) is 0.214. The van der Waals surface area contributed by atoms with Crippen molar-refractivity contribution in [3.8, 4) is 0 Å². The largest absolute Gasteiger partial charge is 1.00 e. The zero-order chi connectivity index (χ0) is 10.5. The first-order chi connectivity index (χ1) is 7.40. The summed E-state index contributed by atoms with van der Waals surface area (Å²) in [6, 6.07) is 17.0. The summed E-state index contributed by atoms with van der Waals surface area (Å²) in [5, 5.41) is 0. The Balaban J connectivity index is 0.00000128. The Hall–Kier alpha value is -0.900. The maximum absolute atomic E-state index is 2.28. The minimum absolute atomic E-state index is 0. The minimum Gasteiger partial charge on any atom is -1.00 e. The Morgan fingerprint density at radius 1 is 0.938 bits per heavy atom. The van der Waals surface area contributed by atoms with Crippen LogP contribution in [0.2, 0.25) is 0 Å². The van der Waals surface area contributed by atoms with E-state index in [-0.39, 0.29) is 24.0 Å². The first-order valence-corrected chi connectivity index (χ1v) is 5.41. The van der Waals surface area contributed by atoms with Crippen LogP contribution in [0.5, 0.6) is 0 Å². The van der Waals surface area contributed by atoms with E-state index in [1.54, 1.807) is 0 Å². The molecule has 84 valence electrons. The molecule has 0 atom stereocenters. The molecule has 1 nitrogen and oxygen atoms in total. The third kappa shape index (κ3) is 3.30. The molecule has 0 radical (unpaired) electrons. The van der Waals surface area contributed by atoms with Gasteiger partial charge in [0.1, 0.15) is 6.54 Å². The van der Waals surface area contributed by atoms with Gasteiger partial charge in [-0.1, -0.05) is 36.4 Å². The molecule has 0 amide bonds. The van der Waals surface area contributed by atoms with E-state index < -0.39 is 0 Å². The number of hydrogen-bond acceptors (Lipinski definition) is 0. The lowest BCUT2D eigenvalue weighted by atomic mass is 10.1. The van der Waals surface area contributed by atoms with Gasteiger partial charge in [0.25, 0.3) is 0 Å². The molecule has 16 heavy (non-hydrogen) atoms. The fourth-order valence-corrected chi connectivity index (χ4v) is 1.79. The van der Waals surface area contributed by atoms with Gasteiger partial charge in [0.2, 0.25) is 0 Å². The number of pyridine rings is 1. The second-order valence-electron chi connectivity index (χ2n) is 3.64. The average Bonchev–Trinajstić information content (AvgIpc) is 2.31.